The third-order valence-corrected chi connectivity index (χ3v) is 5.43. The van der Waals surface area contributed by atoms with E-state index in [2.05, 4.69) is 6.58 Å². The molecule has 8 heteroatoms. The van der Waals surface area contributed by atoms with Crippen LogP contribution in [0.2, 0.25) is 0 Å². The molecule has 3 aliphatic heterocycles. The molecule has 160 valence electrons. The maximum Gasteiger partial charge on any atom is 0.334 e. The summed E-state index contributed by atoms with van der Waals surface area (Å²) >= 11 is 0. The Hall–Kier alpha value is -3.16. The first-order valence-electron chi connectivity index (χ1n) is 9.56. The zero-order chi connectivity index (χ0) is 22.2. The van der Waals surface area contributed by atoms with Gasteiger partial charge in [0.1, 0.15) is 24.6 Å². The lowest BCUT2D eigenvalue weighted by Crippen LogP contribution is -2.42. The number of fused-ring (bicyclic) bond motifs is 3. The Bertz CT molecular complexity index is 921. The van der Waals surface area contributed by atoms with Crippen molar-refractivity contribution in [2.75, 3.05) is 6.61 Å². The van der Waals surface area contributed by atoms with Gasteiger partial charge in [0, 0.05) is 30.6 Å². The number of ketones is 1. The molecule has 0 aliphatic carbocycles. The molecule has 1 fully saturated rings. The molecule has 1 saturated heterocycles. The molecule has 3 heterocycles. The molecular formula is C22H24O8. The van der Waals surface area contributed by atoms with E-state index < -0.39 is 41.6 Å². The van der Waals surface area contributed by atoms with Crippen molar-refractivity contribution >= 4 is 23.7 Å². The summed E-state index contributed by atoms with van der Waals surface area (Å²) < 4.78 is 21.8. The molecule has 0 radical (unpaired) electrons. The first-order valence-corrected chi connectivity index (χ1v) is 9.56. The number of carbonyl (C=O) groups excluding carboxylic acids is 4. The van der Waals surface area contributed by atoms with Crippen LogP contribution < -0.4 is 0 Å². The Balaban J connectivity index is 1.91. The molecule has 2 bridgehead atoms. The highest BCUT2D eigenvalue weighted by atomic mass is 16.6. The highest BCUT2D eigenvalue weighted by Gasteiger charge is 2.51. The Morgan fingerprint density at radius 3 is 2.70 bits per heavy atom. The summed E-state index contributed by atoms with van der Waals surface area (Å²) in [7, 11) is 0. The summed E-state index contributed by atoms with van der Waals surface area (Å²) in [6.07, 6.45) is 2.93. The van der Waals surface area contributed by atoms with Crippen LogP contribution in [0.15, 0.2) is 47.3 Å². The summed E-state index contributed by atoms with van der Waals surface area (Å²) in [6.45, 7) is 9.90. The Kier molecular flexibility index (Phi) is 5.70. The second kappa shape index (κ2) is 7.93. The minimum atomic E-state index is -1.24. The van der Waals surface area contributed by atoms with E-state index in [1.165, 1.54) is 26.0 Å². The van der Waals surface area contributed by atoms with Gasteiger partial charge in [-0.15, -0.1) is 0 Å². The van der Waals surface area contributed by atoms with Crippen LogP contribution in [-0.2, 0) is 38.1 Å². The van der Waals surface area contributed by atoms with Crippen LogP contribution in [-0.4, -0.2) is 48.1 Å². The van der Waals surface area contributed by atoms with Crippen molar-refractivity contribution in [3.63, 3.8) is 0 Å². The summed E-state index contributed by atoms with van der Waals surface area (Å²) in [5.41, 5.74) is -0.205. The van der Waals surface area contributed by atoms with Crippen LogP contribution in [0.3, 0.4) is 0 Å². The van der Waals surface area contributed by atoms with Crippen LogP contribution in [0.5, 0.6) is 0 Å². The largest absolute Gasteiger partial charge is 0.479 e. The molecule has 0 amide bonds. The molecular weight excluding hydrogens is 392 g/mol. The van der Waals surface area contributed by atoms with Gasteiger partial charge in [0.2, 0.25) is 5.78 Å². The Labute approximate surface area is 174 Å². The van der Waals surface area contributed by atoms with Crippen LogP contribution in [0.1, 0.15) is 34.1 Å². The zero-order valence-corrected chi connectivity index (χ0v) is 17.4. The number of hydrogen-bond acceptors (Lipinski definition) is 8. The maximum atomic E-state index is 12.7. The molecule has 3 aliphatic rings. The summed E-state index contributed by atoms with van der Waals surface area (Å²) in [5.74, 6) is -2.22. The van der Waals surface area contributed by atoms with Gasteiger partial charge in [-0.3, -0.25) is 9.59 Å². The molecule has 0 aromatic carbocycles. The monoisotopic (exact) mass is 416 g/mol. The van der Waals surface area contributed by atoms with E-state index in [1.54, 1.807) is 19.9 Å². The molecule has 4 atom stereocenters. The van der Waals surface area contributed by atoms with Gasteiger partial charge in [0.25, 0.3) is 0 Å². The van der Waals surface area contributed by atoms with Crippen molar-refractivity contribution in [1.82, 2.24) is 0 Å². The molecule has 30 heavy (non-hydrogen) atoms. The van der Waals surface area contributed by atoms with Crippen molar-refractivity contribution in [3.05, 3.63) is 47.3 Å². The fourth-order valence-electron chi connectivity index (χ4n) is 3.66. The predicted molar refractivity (Wildman–Crippen MR) is 104 cm³/mol. The molecule has 3 rings (SSSR count). The predicted octanol–water partition coefficient (Wildman–Crippen LogP) is 2.10. The smallest absolute Gasteiger partial charge is 0.334 e. The standard InChI is InChI=1S/C22H24O8/c1-11(6-7-27-14(4)23)20(25)29-17-10-22(5)18(24)9-15(30-22)12(2)8-16-19(17)13(3)21(26)28-16/h6,8-9,16-17,19H,3,7,10H2,1-2,4-5H3/b11-6+,12-8+/t16-,17+,19+,22+/m0/s1. The molecule has 0 saturated carbocycles. The number of esters is 3. The summed E-state index contributed by atoms with van der Waals surface area (Å²) in [6, 6.07) is 0. The minimum absolute atomic E-state index is 0.0206. The van der Waals surface area contributed by atoms with E-state index in [0.717, 1.165) is 0 Å². The van der Waals surface area contributed by atoms with Crippen LogP contribution >= 0.6 is 0 Å². The second-order valence-electron chi connectivity index (χ2n) is 7.81. The second-order valence-corrected chi connectivity index (χ2v) is 7.81. The van der Waals surface area contributed by atoms with Gasteiger partial charge in [0.05, 0.1) is 5.92 Å². The van der Waals surface area contributed by atoms with E-state index in [4.69, 9.17) is 18.9 Å². The van der Waals surface area contributed by atoms with E-state index in [9.17, 15) is 19.2 Å². The zero-order valence-electron chi connectivity index (χ0n) is 17.4. The van der Waals surface area contributed by atoms with Crippen molar-refractivity contribution in [3.8, 4) is 0 Å². The average Bonchev–Trinajstić information content (AvgIpc) is 3.10. The molecule has 0 N–H and O–H groups in total. The van der Waals surface area contributed by atoms with E-state index in [-0.39, 0.29) is 30.0 Å². The lowest BCUT2D eigenvalue weighted by Gasteiger charge is -2.31. The first kappa shape index (κ1) is 21.5. The average molecular weight is 416 g/mol. The molecule has 0 spiro atoms. The summed E-state index contributed by atoms with van der Waals surface area (Å²) in [5, 5.41) is 0. The van der Waals surface area contributed by atoms with Crippen LogP contribution in [0.4, 0.5) is 0 Å². The van der Waals surface area contributed by atoms with Crippen molar-refractivity contribution < 1.29 is 38.1 Å². The van der Waals surface area contributed by atoms with Gasteiger partial charge in [-0.1, -0.05) is 6.58 Å². The molecule has 8 nitrogen and oxygen atoms in total. The van der Waals surface area contributed by atoms with Crippen molar-refractivity contribution in [2.24, 2.45) is 5.92 Å². The number of hydrogen-bond donors (Lipinski definition) is 0. The molecule has 0 aromatic heterocycles. The minimum Gasteiger partial charge on any atom is -0.479 e. The van der Waals surface area contributed by atoms with Gasteiger partial charge in [-0.2, -0.15) is 0 Å². The fraction of sp³-hybridized carbons (Fsp3) is 0.455. The van der Waals surface area contributed by atoms with Crippen LogP contribution in [0.25, 0.3) is 0 Å². The fourth-order valence-corrected chi connectivity index (χ4v) is 3.66. The number of ether oxygens (including phenoxy) is 4. The lowest BCUT2D eigenvalue weighted by molar-refractivity contribution is -0.153. The number of rotatable bonds is 4. The third kappa shape index (κ3) is 4.08. The van der Waals surface area contributed by atoms with Gasteiger partial charge in [0.15, 0.2) is 5.60 Å². The maximum absolute atomic E-state index is 12.7. The normalized spacial score (nSPS) is 32.5. The first-order chi connectivity index (χ1) is 14.0. The highest BCUT2D eigenvalue weighted by molar-refractivity contribution is 6.00. The van der Waals surface area contributed by atoms with Crippen molar-refractivity contribution in [2.45, 2.75) is 51.9 Å². The molecule has 0 aromatic rings. The van der Waals surface area contributed by atoms with Gasteiger partial charge in [-0.25, -0.2) is 9.59 Å². The SMILES string of the molecule is C=C1C(=O)O[C@H]2/C=C(\C)C3=CC(=O)[C@@](C)(C[C@@H](OC(=O)/C(C)=C/COC(C)=O)[C@H]12)O3. The highest BCUT2D eigenvalue weighted by Crippen LogP contribution is 2.42. The molecule has 0 unspecified atom stereocenters. The lowest BCUT2D eigenvalue weighted by atomic mass is 9.82. The van der Waals surface area contributed by atoms with E-state index >= 15 is 0 Å². The number of allylic oxidation sites excluding steroid dienone is 1. The Morgan fingerprint density at radius 1 is 1.33 bits per heavy atom. The van der Waals surface area contributed by atoms with E-state index in [1.807, 2.05) is 0 Å². The van der Waals surface area contributed by atoms with Crippen LogP contribution in [0, 0.1) is 5.92 Å². The third-order valence-electron chi connectivity index (χ3n) is 5.43. The Morgan fingerprint density at radius 2 is 2.03 bits per heavy atom. The van der Waals surface area contributed by atoms with Gasteiger partial charge >= 0.3 is 17.9 Å². The summed E-state index contributed by atoms with van der Waals surface area (Å²) in [4.78, 5) is 48.3. The number of carbonyl (C=O) groups is 4. The van der Waals surface area contributed by atoms with E-state index in [0.29, 0.717) is 11.3 Å². The topological polar surface area (TPSA) is 105 Å². The van der Waals surface area contributed by atoms with Gasteiger partial charge < -0.3 is 18.9 Å². The quantitative estimate of drug-likeness (QED) is 0.390. The van der Waals surface area contributed by atoms with Crippen molar-refractivity contribution in [1.29, 1.82) is 0 Å². The van der Waals surface area contributed by atoms with Gasteiger partial charge in [-0.05, 0) is 38.5 Å².